The van der Waals surface area contributed by atoms with Gasteiger partial charge in [0.2, 0.25) is 0 Å². The van der Waals surface area contributed by atoms with Gasteiger partial charge in [-0.3, -0.25) is 4.90 Å². The van der Waals surface area contributed by atoms with Gasteiger partial charge in [-0.1, -0.05) is 28.1 Å². The average molecular weight is 299 g/mol. The SMILES string of the molecule is C=C[C@@H](c1ccc(F)cc1Br)N1CCNCC1. The lowest BCUT2D eigenvalue weighted by Gasteiger charge is -2.33. The van der Waals surface area contributed by atoms with Crippen LogP contribution in [0.15, 0.2) is 35.3 Å². The summed E-state index contributed by atoms with van der Waals surface area (Å²) in [5.74, 6) is -0.219. The molecule has 0 aliphatic carbocycles. The molecule has 1 atom stereocenters. The normalized spacial score (nSPS) is 18.9. The van der Waals surface area contributed by atoms with Crippen molar-refractivity contribution in [2.45, 2.75) is 6.04 Å². The van der Waals surface area contributed by atoms with Crippen molar-refractivity contribution >= 4 is 15.9 Å². The molecule has 0 saturated carbocycles. The highest BCUT2D eigenvalue weighted by Crippen LogP contribution is 2.29. The Hall–Kier alpha value is -0.710. The molecule has 0 aromatic heterocycles. The average Bonchev–Trinajstić information content (AvgIpc) is 2.34. The lowest BCUT2D eigenvalue weighted by molar-refractivity contribution is 0.203. The number of hydrogen-bond acceptors (Lipinski definition) is 2. The topological polar surface area (TPSA) is 15.3 Å². The first kappa shape index (κ1) is 12.7. The second-order valence-electron chi connectivity index (χ2n) is 4.13. The molecular formula is C13H16BrFN2. The first-order valence-electron chi connectivity index (χ1n) is 5.74. The molecule has 0 unspecified atom stereocenters. The van der Waals surface area contributed by atoms with E-state index in [0.717, 1.165) is 36.2 Å². The molecule has 4 heteroatoms. The van der Waals surface area contributed by atoms with Crippen molar-refractivity contribution in [2.24, 2.45) is 0 Å². The maximum atomic E-state index is 13.1. The Morgan fingerprint density at radius 2 is 2.12 bits per heavy atom. The van der Waals surface area contributed by atoms with Crippen LogP contribution in [0.1, 0.15) is 11.6 Å². The van der Waals surface area contributed by atoms with E-state index < -0.39 is 0 Å². The second kappa shape index (κ2) is 5.76. The fourth-order valence-corrected chi connectivity index (χ4v) is 2.76. The lowest BCUT2D eigenvalue weighted by Crippen LogP contribution is -2.44. The van der Waals surface area contributed by atoms with E-state index >= 15 is 0 Å². The monoisotopic (exact) mass is 298 g/mol. The summed E-state index contributed by atoms with van der Waals surface area (Å²) in [5.41, 5.74) is 1.07. The number of nitrogens with zero attached hydrogens (tertiary/aromatic N) is 1. The van der Waals surface area contributed by atoms with Crippen LogP contribution in [-0.4, -0.2) is 31.1 Å². The molecule has 1 aromatic rings. The van der Waals surface area contributed by atoms with Crippen molar-refractivity contribution in [1.29, 1.82) is 0 Å². The summed E-state index contributed by atoms with van der Waals surface area (Å²) in [4.78, 5) is 2.35. The predicted octanol–water partition coefficient (Wildman–Crippen LogP) is 2.72. The minimum Gasteiger partial charge on any atom is -0.314 e. The fraction of sp³-hybridized carbons (Fsp3) is 0.385. The van der Waals surface area contributed by atoms with Gasteiger partial charge in [-0.05, 0) is 17.7 Å². The summed E-state index contributed by atoms with van der Waals surface area (Å²) >= 11 is 3.43. The van der Waals surface area contributed by atoms with E-state index in [-0.39, 0.29) is 11.9 Å². The van der Waals surface area contributed by atoms with Crippen molar-refractivity contribution in [2.75, 3.05) is 26.2 Å². The van der Waals surface area contributed by atoms with Gasteiger partial charge in [-0.15, -0.1) is 6.58 Å². The van der Waals surface area contributed by atoms with Crippen LogP contribution in [0, 0.1) is 5.82 Å². The highest BCUT2D eigenvalue weighted by Gasteiger charge is 2.21. The Morgan fingerprint density at radius 1 is 1.41 bits per heavy atom. The molecule has 1 saturated heterocycles. The summed E-state index contributed by atoms with van der Waals surface area (Å²) in [6.07, 6.45) is 1.92. The zero-order valence-electron chi connectivity index (χ0n) is 9.63. The van der Waals surface area contributed by atoms with E-state index in [0.29, 0.717) is 0 Å². The van der Waals surface area contributed by atoms with Gasteiger partial charge in [0.25, 0.3) is 0 Å². The Morgan fingerprint density at radius 3 is 2.71 bits per heavy atom. The van der Waals surface area contributed by atoms with E-state index in [4.69, 9.17) is 0 Å². The summed E-state index contributed by atoms with van der Waals surface area (Å²) in [5, 5.41) is 3.32. The summed E-state index contributed by atoms with van der Waals surface area (Å²) in [6, 6.07) is 4.98. The molecule has 17 heavy (non-hydrogen) atoms. The van der Waals surface area contributed by atoms with Crippen LogP contribution in [0.5, 0.6) is 0 Å². The van der Waals surface area contributed by atoms with Crippen LogP contribution >= 0.6 is 15.9 Å². The quantitative estimate of drug-likeness (QED) is 0.863. The molecule has 0 amide bonds. The van der Waals surface area contributed by atoms with Crippen LogP contribution in [-0.2, 0) is 0 Å². The maximum absolute atomic E-state index is 13.1. The second-order valence-corrected chi connectivity index (χ2v) is 4.99. The highest BCUT2D eigenvalue weighted by molar-refractivity contribution is 9.10. The van der Waals surface area contributed by atoms with Gasteiger partial charge >= 0.3 is 0 Å². The number of hydrogen-bond donors (Lipinski definition) is 1. The Labute approximate surface area is 110 Å². The number of piperazine rings is 1. The van der Waals surface area contributed by atoms with Crippen LogP contribution in [0.25, 0.3) is 0 Å². The minimum absolute atomic E-state index is 0.145. The van der Waals surface area contributed by atoms with Gasteiger partial charge < -0.3 is 5.32 Å². The smallest absolute Gasteiger partial charge is 0.124 e. The first-order valence-corrected chi connectivity index (χ1v) is 6.54. The van der Waals surface area contributed by atoms with E-state index in [1.807, 2.05) is 12.1 Å². The van der Waals surface area contributed by atoms with Gasteiger partial charge in [0.1, 0.15) is 5.82 Å². The number of rotatable bonds is 3. The Kier molecular flexibility index (Phi) is 4.31. The Bertz CT molecular complexity index is 402. The van der Waals surface area contributed by atoms with Crippen LogP contribution < -0.4 is 5.32 Å². The third-order valence-electron chi connectivity index (χ3n) is 3.05. The molecular weight excluding hydrogens is 283 g/mol. The summed E-state index contributed by atoms with van der Waals surface area (Å²) in [6.45, 7) is 7.85. The van der Waals surface area contributed by atoms with Crippen molar-refractivity contribution in [3.8, 4) is 0 Å². The predicted molar refractivity (Wildman–Crippen MR) is 71.5 cm³/mol. The molecule has 0 bridgehead atoms. The minimum atomic E-state index is -0.219. The molecule has 1 fully saturated rings. The summed E-state index contributed by atoms with van der Waals surface area (Å²) < 4.78 is 13.9. The number of halogens is 2. The standard InChI is InChI=1S/C13H16BrFN2/c1-2-13(17-7-5-16-6-8-17)11-4-3-10(15)9-12(11)14/h2-4,9,13,16H,1,5-8H2/t13-/m0/s1. The maximum Gasteiger partial charge on any atom is 0.124 e. The molecule has 1 aliphatic heterocycles. The molecule has 1 aromatic carbocycles. The van der Waals surface area contributed by atoms with Crippen molar-refractivity contribution in [3.63, 3.8) is 0 Å². The van der Waals surface area contributed by atoms with Gasteiger partial charge in [0.05, 0.1) is 6.04 Å². The molecule has 0 spiro atoms. The van der Waals surface area contributed by atoms with Crippen molar-refractivity contribution in [3.05, 3.63) is 46.7 Å². The summed E-state index contributed by atoms with van der Waals surface area (Å²) in [7, 11) is 0. The van der Waals surface area contributed by atoms with Gasteiger partial charge in [-0.2, -0.15) is 0 Å². The van der Waals surface area contributed by atoms with Gasteiger partial charge in [0, 0.05) is 30.7 Å². The van der Waals surface area contributed by atoms with E-state index in [2.05, 4.69) is 32.7 Å². The molecule has 2 nitrogen and oxygen atoms in total. The molecule has 92 valence electrons. The van der Waals surface area contributed by atoms with Gasteiger partial charge in [-0.25, -0.2) is 4.39 Å². The van der Waals surface area contributed by atoms with Crippen molar-refractivity contribution in [1.82, 2.24) is 10.2 Å². The third-order valence-corrected chi connectivity index (χ3v) is 3.74. The molecule has 2 rings (SSSR count). The fourth-order valence-electron chi connectivity index (χ4n) is 2.17. The highest BCUT2D eigenvalue weighted by atomic mass is 79.9. The molecule has 1 aliphatic rings. The van der Waals surface area contributed by atoms with E-state index in [1.54, 1.807) is 0 Å². The number of benzene rings is 1. The zero-order valence-corrected chi connectivity index (χ0v) is 11.2. The van der Waals surface area contributed by atoms with Crippen LogP contribution in [0.4, 0.5) is 4.39 Å². The van der Waals surface area contributed by atoms with Crippen molar-refractivity contribution < 1.29 is 4.39 Å². The first-order chi connectivity index (χ1) is 8.22. The van der Waals surface area contributed by atoms with Crippen LogP contribution in [0.3, 0.4) is 0 Å². The molecule has 0 radical (unpaired) electrons. The largest absolute Gasteiger partial charge is 0.314 e. The zero-order chi connectivity index (χ0) is 12.3. The molecule has 1 heterocycles. The lowest BCUT2D eigenvalue weighted by atomic mass is 10.0. The third kappa shape index (κ3) is 2.94. The van der Waals surface area contributed by atoms with E-state index in [9.17, 15) is 4.39 Å². The van der Waals surface area contributed by atoms with Crippen LogP contribution in [0.2, 0.25) is 0 Å². The van der Waals surface area contributed by atoms with Gasteiger partial charge in [0.15, 0.2) is 0 Å². The Balaban J connectivity index is 2.24. The van der Waals surface area contributed by atoms with E-state index in [1.165, 1.54) is 12.1 Å². The number of nitrogens with one attached hydrogen (secondary N) is 1. The molecule has 1 N–H and O–H groups in total.